The molecule has 0 radical (unpaired) electrons. The monoisotopic (exact) mass is 407 g/mol. The number of nitrogens with one attached hydrogen (secondary N) is 2. The first-order valence-electron chi connectivity index (χ1n) is 11.0. The van der Waals surface area contributed by atoms with Gasteiger partial charge in [-0.1, -0.05) is 31.9 Å². The van der Waals surface area contributed by atoms with E-state index in [1.807, 2.05) is 50.2 Å². The van der Waals surface area contributed by atoms with Gasteiger partial charge in [-0.15, -0.1) is 0 Å². The lowest BCUT2D eigenvalue weighted by Crippen LogP contribution is -2.43. The molecule has 2 aromatic rings. The molecule has 2 aromatic carbocycles. The van der Waals surface area contributed by atoms with Crippen molar-refractivity contribution >= 4 is 23.2 Å². The lowest BCUT2D eigenvalue weighted by Gasteiger charge is -2.21. The average molecular weight is 408 g/mol. The van der Waals surface area contributed by atoms with Gasteiger partial charge < -0.3 is 15.5 Å². The summed E-state index contributed by atoms with van der Waals surface area (Å²) in [5.74, 6) is -0.376. The van der Waals surface area contributed by atoms with Crippen LogP contribution in [0, 0.1) is 13.8 Å². The van der Waals surface area contributed by atoms with E-state index in [1.165, 1.54) is 12.8 Å². The van der Waals surface area contributed by atoms with Crippen LogP contribution in [0.3, 0.4) is 0 Å². The first-order chi connectivity index (χ1) is 14.5. The van der Waals surface area contributed by atoms with Gasteiger partial charge in [0, 0.05) is 30.0 Å². The summed E-state index contributed by atoms with van der Waals surface area (Å²) < 4.78 is 0. The molecule has 30 heavy (non-hydrogen) atoms. The number of benzene rings is 2. The van der Waals surface area contributed by atoms with Crippen LogP contribution in [0.4, 0.5) is 11.4 Å². The van der Waals surface area contributed by atoms with Gasteiger partial charge in [0.25, 0.3) is 5.91 Å². The molecule has 5 nitrogen and oxygen atoms in total. The van der Waals surface area contributed by atoms with Crippen LogP contribution >= 0.6 is 0 Å². The van der Waals surface area contributed by atoms with Gasteiger partial charge >= 0.3 is 0 Å². The summed E-state index contributed by atoms with van der Waals surface area (Å²) in [5.41, 5.74) is 4.70. The lowest BCUT2D eigenvalue weighted by molar-refractivity contribution is -0.118. The Labute approximate surface area is 179 Å². The van der Waals surface area contributed by atoms with E-state index >= 15 is 0 Å². The van der Waals surface area contributed by atoms with Crippen LogP contribution in [0.25, 0.3) is 0 Å². The summed E-state index contributed by atoms with van der Waals surface area (Å²) in [4.78, 5) is 28.1. The van der Waals surface area contributed by atoms with Crippen molar-refractivity contribution in [1.82, 2.24) is 5.32 Å². The van der Waals surface area contributed by atoms with Crippen molar-refractivity contribution < 1.29 is 9.59 Å². The number of carbonyl (C=O) groups is 2. The normalized spacial score (nSPS) is 14.4. The molecule has 0 spiro atoms. The number of hydrogen-bond donors (Lipinski definition) is 2. The smallest absolute Gasteiger partial charge is 0.251 e. The second kappa shape index (κ2) is 10.3. The first-order valence-corrected chi connectivity index (χ1v) is 11.0. The number of hydrogen-bond acceptors (Lipinski definition) is 3. The molecule has 0 aliphatic carbocycles. The Kier molecular flexibility index (Phi) is 7.50. The fourth-order valence-electron chi connectivity index (χ4n) is 3.79. The van der Waals surface area contributed by atoms with Crippen molar-refractivity contribution in [3.05, 3.63) is 59.2 Å². The van der Waals surface area contributed by atoms with E-state index in [2.05, 4.69) is 28.5 Å². The van der Waals surface area contributed by atoms with Crippen molar-refractivity contribution in [2.24, 2.45) is 0 Å². The van der Waals surface area contributed by atoms with Gasteiger partial charge in [0.15, 0.2) is 0 Å². The minimum Gasteiger partial charge on any atom is -0.371 e. The van der Waals surface area contributed by atoms with Crippen LogP contribution in [0.2, 0.25) is 0 Å². The summed E-state index contributed by atoms with van der Waals surface area (Å²) in [5, 5.41) is 5.95. The molecule has 1 fully saturated rings. The summed E-state index contributed by atoms with van der Waals surface area (Å²) in [7, 11) is 0. The molecule has 1 saturated heterocycles. The number of aryl methyl sites for hydroxylation is 2. The maximum atomic E-state index is 13.0. The first kappa shape index (κ1) is 21.9. The zero-order valence-electron chi connectivity index (χ0n) is 18.3. The molecule has 0 bridgehead atoms. The number of carbonyl (C=O) groups excluding carboxylic acids is 2. The van der Waals surface area contributed by atoms with E-state index in [0.29, 0.717) is 12.0 Å². The van der Waals surface area contributed by atoms with Crippen LogP contribution in [-0.4, -0.2) is 30.9 Å². The SMILES string of the molecule is CCCCC(NC(=O)c1ccc(C)c(C)c1)C(=O)Nc1cccc(N2CCCC2)c1. The predicted molar refractivity (Wildman–Crippen MR) is 123 cm³/mol. The lowest BCUT2D eigenvalue weighted by atomic mass is 10.0. The summed E-state index contributed by atoms with van der Waals surface area (Å²) in [6.07, 6.45) is 4.87. The summed E-state index contributed by atoms with van der Waals surface area (Å²) in [6.45, 7) is 8.20. The zero-order chi connectivity index (χ0) is 21.5. The zero-order valence-corrected chi connectivity index (χ0v) is 18.3. The Morgan fingerprint density at radius 2 is 1.80 bits per heavy atom. The Morgan fingerprint density at radius 1 is 1.03 bits per heavy atom. The third-order valence-corrected chi connectivity index (χ3v) is 5.82. The number of rotatable bonds is 8. The van der Waals surface area contributed by atoms with Gasteiger partial charge in [0.1, 0.15) is 6.04 Å². The molecule has 1 aliphatic heterocycles. The highest BCUT2D eigenvalue weighted by Gasteiger charge is 2.22. The maximum absolute atomic E-state index is 13.0. The van der Waals surface area contributed by atoms with Crippen molar-refractivity contribution in [2.75, 3.05) is 23.3 Å². The number of unbranched alkanes of at least 4 members (excludes halogenated alkanes) is 1. The third kappa shape index (κ3) is 5.62. The molecule has 1 atom stereocenters. The molecular weight excluding hydrogens is 374 g/mol. The van der Waals surface area contributed by atoms with Gasteiger partial charge in [-0.05, 0) is 74.6 Å². The second-order valence-electron chi connectivity index (χ2n) is 8.20. The van der Waals surface area contributed by atoms with Crippen molar-refractivity contribution in [2.45, 2.75) is 58.9 Å². The Bertz CT molecular complexity index is 888. The van der Waals surface area contributed by atoms with E-state index in [1.54, 1.807) is 0 Å². The van der Waals surface area contributed by atoms with E-state index < -0.39 is 6.04 Å². The van der Waals surface area contributed by atoms with Crippen molar-refractivity contribution in [3.8, 4) is 0 Å². The number of nitrogens with zero attached hydrogens (tertiary/aromatic N) is 1. The van der Waals surface area contributed by atoms with Crippen LogP contribution in [0.15, 0.2) is 42.5 Å². The predicted octanol–water partition coefficient (Wildman–Crippen LogP) is 4.83. The van der Waals surface area contributed by atoms with Gasteiger partial charge in [-0.3, -0.25) is 9.59 Å². The fraction of sp³-hybridized carbons (Fsp3) is 0.440. The molecule has 1 aliphatic rings. The quantitative estimate of drug-likeness (QED) is 0.659. The maximum Gasteiger partial charge on any atom is 0.251 e. The number of anilines is 2. The Morgan fingerprint density at radius 3 is 2.50 bits per heavy atom. The molecule has 160 valence electrons. The van der Waals surface area contributed by atoms with Crippen LogP contribution in [0.1, 0.15) is 60.5 Å². The minimum absolute atomic E-state index is 0.167. The number of amides is 2. The molecule has 2 N–H and O–H groups in total. The average Bonchev–Trinajstić information content (AvgIpc) is 3.28. The second-order valence-corrected chi connectivity index (χ2v) is 8.20. The molecule has 5 heteroatoms. The minimum atomic E-state index is -0.561. The van der Waals surface area contributed by atoms with Gasteiger partial charge in [0.2, 0.25) is 5.91 Å². The standard InChI is InChI=1S/C25H33N3O2/c1-4-5-11-23(27-24(29)20-13-12-18(2)19(3)16-20)25(30)26-21-9-8-10-22(17-21)28-14-6-7-15-28/h8-10,12-13,16-17,23H,4-7,11,14-15H2,1-3H3,(H,26,30)(H,27,29). The molecule has 2 amide bonds. The van der Waals surface area contributed by atoms with Gasteiger partial charge in [-0.25, -0.2) is 0 Å². The van der Waals surface area contributed by atoms with E-state index in [-0.39, 0.29) is 11.8 Å². The van der Waals surface area contributed by atoms with Crippen molar-refractivity contribution in [3.63, 3.8) is 0 Å². The third-order valence-electron chi connectivity index (χ3n) is 5.82. The van der Waals surface area contributed by atoms with Crippen LogP contribution in [-0.2, 0) is 4.79 Å². The molecule has 0 saturated carbocycles. The summed E-state index contributed by atoms with van der Waals surface area (Å²) in [6, 6.07) is 13.0. The van der Waals surface area contributed by atoms with E-state index in [9.17, 15) is 9.59 Å². The van der Waals surface area contributed by atoms with E-state index in [0.717, 1.165) is 48.4 Å². The highest BCUT2D eigenvalue weighted by atomic mass is 16.2. The molecule has 3 rings (SSSR count). The molecule has 1 heterocycles. The Hall–Kier alpha value is -2.82. The van der Waals surface area contributed by atoms with Crippen LogP contribution in [0.5, 0.6) is 0 Å². The highest BCUT2D eigenvalue weighted by Crippen LogP contribution is 2.23. The molecule has 0 aromatic heterocycles. The fourth-order valence-corrected chi connectivity index (χ4v) is 3.79. The highest BCUT2D eigenvalue weighted by molar-refractivity contribution is 6.01. The molecular formula is C25H33N3O2. The largest absolute Gasteiger partial charge is 0.371 e. The van der Waals surface area contributed by atoms with Crippen molar-refractivity contribution in [1.29, 1.82) is 0 Å². The van der Waals surface area contributed by atoms with Gasteiger partial charge in [0.05, 0.1) is 0 Å². The topological polar surface area (TPSA) is 61.4 Å². The van der Waals surface area contributed by atoms with Gasteiger partial charge in [-0.2, -0.15) is 0 Å². The summed E-state index contributed by atoms with van der Waals surface area (Å²) >= 11 is 0. The van der Waals surface area contributed by atoms with E-state index in [4.69, 9.17) is 0 Å². The molecule has 1 unspecified atom stereocenters. The van der Waals surface area contributed by atoms with Crippen LogP contribution < -0.4 is 15.5 Å². The Balaban J connectivity index is 1.69.